The minimum absolute atomic E-state index is 1.11. The van der Waals surface area contributed by atoms with Crippen LogP contribution >= 0.6 is 0 Å². The number of nitrogens with one attached hydrogen (secondary N) is 1. The van der Waals surface area contributed by atoms with Crippen molar-refractivity contribution in [2.45, 2.75) is 32.7 Å². The third-order valence-corrected chi connectivity index (χ3v) is 3.67. The van der Waals surface area contributed by atoms with Crippen LogP contribution in [0.2, 0.25) is 0 Å². The van der Waals surface area contributed by atoms with Gasteiger partial charge in [-0.1, -0.05) is 12.5 Å². The minimum Gasteiger partial charge on any atom is -0.359 e. The first kappa shape index (κ1) is 10.8. The number of aryl methyl sites for hydroxylation is 1. The van der Waals surface area contributed by atoms with Crippen LogP contribution in [0.1, 0.15) is 30.5 Å². The number of hydrogen-bond donors (Lipinski definition) is 1. The van der Waals surface area contributed by atoms with Crippen molar-refractivity contribution >= 4 is 10.9 Å². The lowest BCUT2D eigenvalue weighted by molar-refractivity contribution is 0.221. The quantitative estimate of drug-likeness (QED) is 0.834. The molecule has 0 atom stereocenters. The summed E-state index contributed by atoms with van der Waals surface area (Å²) in [5.74, 6) is 0. The summed E-state index contributed by atoms with van der Waals surface area (Å²) >= 11 is 0. The van der Waals surface area contributed by atoms with Gasteiger partial charge in [0.2, 0.25) is 0 Å². The molecule has 17 heavy (non-hydrogen) atoms. The lowest BCUT2D eigenvalue weighted by Crippen LogP contribution is -2.28. The van der Waals surface area contributed by atoms with Crippen LogP contribution in [0.3, 0.4) is 0 Å². The van der Waals surface area contributed by atoms with E-state index >= 15 is 0 Å². The molecule has 3 rings (SSSR count). The van der Waals surface area contributed by atoms with Crippen molar-refractivity contribution in [2.24, 2.45) is 0 Å². The second kappa shape index (κ2) is 4.53. The van der Waals surface area contributed by atoms with Gasteiger partial charge in [-0.25, -0.2) is 0 Å². The number of rotatable bonds is 2. The van der Waals surface area contributed by atoms with Crippen LogP contribution < -0.4 is 0 Å². The highest BCUT2D eigenvalue weighted by atomic mass is 15.1. The standard InChI is InChI=1S/C15H20N2/c1-12-9-14-10-13(5-6-15(14)16-12)11-17-7-3-2-4-8-17/h5-6,9-10,16H,2-4,7-8,11H2,1H3. The van der Waals surface area contributed by atoms with Gasteiger partial charge in [-0.2, -0.15) is 0 Å². The molecule has 2 heteroatoms. The van der Waals surface area contributed by atoms with E-state index in [0.717, 1.165) is 6.54 Å². The number of piperidine rings is 1. The summed E-state index contributed by atoms with van der Waals surface area (Å²) in [5.41, 5.74) is 3.94. The van der Waals surface area contributed by atoms with Crippen molar-refractivity contribution in [1.82, 2.24) is 9.88 Å². The molecule has 1 fully saturated rings. The van der Waals surface area contributed by atoms with Crippen molar-refractivity contribution in [3.8, 4) is 0 Å². The summed E-state index contributed by atoms with van der Waals surface area (Å²) in [7, 11) is 0. The maximum atomic E-state index is 3.38. The van der Waals surface area contributed by atoms with Gasteiger partial charge in [-0.05, 0) is 62.0 Å². The van der Waals surface area contributed by atoms with E-state index in [0.29, 0.717) is 0 Å². The number of likely N-dealkylation sites (tertiary alicyclic amines) is 1. The molecule has 1 N–H and O–H groups in total. The zero-order valence-electron chi connectivity index (χ0n) is 10.5. The van der Waals surface area contributed by atoms with Crippen LogP contribution in [0.15, 0.2) is 24.3 Å². The smallest absolute Gasteiger partial charge is 0.0456 e. The lowest BCUT2D eigenvalue weighted by Gasteiger charge is -2.26. The zero-order valence-corrected chi connectivity index (χ0v) is 10.5. The third-order valence-electron chi connectivity index (χ3n) is 3.67. The fourth-order valence-electron chi connectivity index (χ4n) is 2.80. The van der Waals surface area contributed by atoms with E-state index in [2.05, 4.69) is 41.1 Å². The Hall–Kier alpha value is -1.28. The van der Waals surface area contributed by atoms with Gasteiger partial charge in [0.05, 0.1) is 0 Å². The molecule has 2 nitrogen and oxygen atoms in total. The molecule has 1 aromatic heterocycles. The molecule has 1 aliphatic rings. The van der Waals surface area contributed by atoms with Crippen molar-refractivity contribution in [2.75, 3.05) is 13.1 Å². The molecule has 0 bridgehead atoms. The predicted molar refractivity (Wildman–Crippen MR) is 72.2 cm³/mol. The van der Waals surface area contributed by atoms with Crippen molar-refractivity contribution < 1.29 is 0 Å². The first-order valence-electron chi connectivity index (χ1n) is 6.62. The van der Waals surface area contributed by atoms with E-state index in [4.69, 9.17) is 0 Å². The first-order valence-corrected chi connectivity index (χ1v) is 6.62. The van der Waals surface area contributed by atoms with E-state index in [1.54, 1.807) is 0 Å². The van der Waals surface area contributed by atoms with E-state index in [1.165, 1.54) is 54.5 Å². The molecule has 2 aromatic rings. The van der Waals surface area contributed by atoms with Crippen LogP contribution in [0, 0.1) is 6.92 Å². The third kappa shape index (κ3) is 2.37. The average molecular weight is 228 g/mol. The molecule has 0 radical (unpaired) electrons. The summed E-state index contributed by atoms with van der Waals surface area (Å²) in [6.07, 6.45) is 4.14. The van der Waals surface area contributed by atoms with Crippen molar-refractivity contribution in [3.05, 3.63) is 35.5 Å². The fraction of sp³-hybridized carbons (Fsp3) is 0.467. The molecular formula is C15H20N2. The van der Waals surface area contributed by atoms with Gasteiger partial charge in [0.15, 0.2) is 0 Å². The van der Waals surface area contributed by atoms with Gasteiger partial charge in [0.1, 0.15) is 0 Å². The van der Waals surface area contributed by atoms with E-state index in [9.17, 15) is 0 Å². The summed E-state index contributed by atoms with van der Waals surface area (Å²) in [6.45, 7) is 5.76. The van der Waals surface area contributed by atoms with E-state index in [-0.39, 0.29) is 0 Å². The van der Waals surface area contributed by atoms with Crippen LogP contribution in [0.5, 0.6) is 0 Å². The largest absolute Gasteiger partial charge is 0.359 e. The molecule has 0 saturated carbocycles. The van der Waals surface area contributed by atoms with Crippen molar-refractivity contribution in [3.63, 3.8) is 0 Å². The highest BCUT2D eigenvalue weighted by Gasteiger charge is 2.10. The molecule has 90 valence electrons. The second-order valence-corrected chi connectivity index (χ2v) is 5.21. The zero-order chi connectivity index (χ0) is 11.7. The Morgan fingerprint density at radius 3 is 2.76 bits per heavy atom. The monoisotopic (exact) mass is 228 g/mol. The molecule has 1 saturated heterocycles. The Kier molecular flexibility index (Phi) is 2.89. The SMILES string of the molecule is Cc1cc2cc(CN3CCCCC3)ccc2[nH]1. The van der Waals surface area contributed by atoms with Crippen LogP contribution in [-0.2, 0) is 6.54 Å². The normalized spacial score (nSPS) is 17.7. The summed E-state index contributed by atoms with van der Waals surface area (Å²) in [5, 5.41) is 1.34. The van der Waals surface area contributed by atoms with Gasteiger partial charge in [0.25, 0.3) is 0 Å². The van der Waals surface area contributed by atoms with Crippen LogP contribution in [-0.4, -0.2) is 23.0 Å². The van der Waals surface area contributed by atoms with Crippen LogP contribution in [0.25, 0.3) is 10.9 Å². The summed E-state index contributed by atoms with van der Waals surface area (Å²) in [4.78, 5) is 5.95. The highest BCUT2D eigenvalue weighted by Crippen LogP contribution is 2.19. The Balaban J connectivity index is 1.79. The topological polar surface area (TPSA) is 19.0 Å². The maximum Gasteiger partial charge on any atom is 0.0456 e. The Labute approximate surface area is 103 Å². The Bertz CT molecular complexity index is 507. The van der Waals surface area contributed by atoms with Crippen LogP contribution in [0.4, 0.5) is 0 Å². The maximum absolute atomic E-state index is 3.38. The van der Waals surface area contributed by atoms with Crippen molar-refractivity contribution in [1.29, 1.82) is 0 Å². The lowest BCUT2D eigenvalue weighted by atomic mass is 10.1. The number of H-pyrrole nitrogens is 1. The first-order chi connectivity index (χ1) is 8.31. The molecule has 0 aliphatic carbocycles. The molecule has 1 aromatic carbocycles. The average Bonchev–Trinajstić information content (AvgIpc) is 2.70. The minimum atomic E-state index is 1.11. The molecule has 0 spiro atoms. The number of aromatic amines is 1. The summed E-state index contributed by atoms with van der Waals surface area (Å²) < 4.78 is 0. The van der Waals surface area contributed by atoms with E-state index < -0.39 is 0 Å². The van der Waals surface area contributed by atoms with Gasteiger partial charge in [-0.3, -0.25) is 4.90 Å². The molecular weight excluding hydrogens is 208 g/mol. The fourth-order valence-corrected chi connectivity index (χ4v) is 2.80. The van der Waals surface area contributed by atoms with Gasteiger partial charge in [-0.15, -0.1) is 0 Å². The van der Waals surface area contributed by atoms with Gasteiger partial charge >= 0.3 is 0 Å². The molecule has 0 amide bonds. The number of fused-ring (bicyclic) bond motifs is 1. The van der Waals surface area contributed by atoms with Gasteiger partial charge in [0, 0.05) is 17.8 Å². The number of benzene rings is 1. The Morgan fingerprint density at radius 1 is 1.12 bits per heavy atom. The predicted octanol–water partition coefficient (Wildman–Crippen LogP) is 3.46. The number of hydrogen-bond acceptors (Lipinski definition) is 1. The molecule has 1 aliphatic heterocycles. The number of aromatic nitrogens is 1. The molecule has 0 unspecified atom stereocenters. The van der Waals surface area contributed by atoms with E-state index in [1.807, 2.05) is 0 Å². The number of nitrogens with zero attached hydrogens (tertiary/aromatic N) is 1. The van der Waals surface area contributed by atoms with Gasteiger partial charge < -0.3 is 4.98 Å². The Morgan fingerprint density at radius 2 is 1.94 bits per heavy atom. The molecule has 2 heterocycles. The summed E-state index contributed by atoms with van der Waals surface area (Å²) in [6, 6.07) is 9.02. The second-order valence-electron chi connectivity index (χ2n) is 5.21. The highest BCUT2D eigenvalue weighted by molar-refractivity contribution is 5.81.